The topological polar surface area (TPSA) is 45.3 Å². The fourth-order valence-electron chi connectivity index (χ4n) is 4.72. The lowest BCUT2D eigenvalue weighted by Gasteiger charge is -2.41. The Hall–Kier alpha value is -3.25. The molecule has 1 aliphatic rings. The number of ether oxygens (including phenoxy) is 1. The van der Waals surface area contributed by atoms with E-state index in [2.05, 4.69) is 23.4 Å². The summed E-state index contributed by atoms with van der Waals surface area (Å²) in [4.78, 5) is 17.2. The van der Waals surface area contributed by atoms with Gasteiger partial charge in [-0.05, 0) is 62.1 Å². The standard InChI is InChI=1S/C27H28F2N2O2/c1-4-6-13-31-17(3)14-20-19-9-7-8-10-23(19)30-26(20)27(31)25-21(28)15-18(16-22(25)29)11-12-24(32)33-5-2/h4,7-12,15-17,27,30H,1,5-6,13-14H2,2-3H3/b12-11+. The molecule has 6 heteroatoms. The predicted octanol–water partition coefficient (Wildman–Crippen LogP) is 5.93. The summed E-state index contributed by atoms with van der Waals surface area (Å²) in [6, 6.07) is 9.98. The summed E-state index contributed by atoms with van der Waals surface area (Å²) in [6.07, 6.45) is 5.85. The Morgan fingerprint density at radius 2 is 2.00 bits per heavy atom. The second-order valence-electron chi connectivity index (χ2n) is 8.32. The van der Waals surface area contributed by atoms with Crippen molar-refractivity contribution in [3.63, 3.8) is 0 Å². The largest absolute Gasteiger partial charge is 0.463 e. The second kappa shape index (κ2) is 9.71. The molecule has 33 heavy (non-hydrogen) atoms. The van der Waals surface area contributed by atoms with E-state index < -0.39 is 23.6 Å². The van der Waals surface area contributed by atoms with E-state index >= 15 is 8.78 Å². The Balaban J connectivity index is 1.82. The van der Waals surface area contributed by atoms with E-state index in [0.717, 1.165) is 28.6 Å². The van der Waals surface area contributed by atoms with Crippen molar-refractivity contribution in [1.29, 1.82) is 0 Å². The minimum Gasteiger partial charge on any atom is -0.463 e. The third-order valence-electron chi connectivity index (χ3n) is 6.18. The molecule has 172 valence electrons. The number of esters is 1. The Morgan fingerprint density at radius 3 is 2.70 bits per heavy atom. The minimum atomic E-state index is -0.647. The molecule has 0 saturated heterocycles. The van der Waals surface area contributed by atoms with Crippen molar-refractivity contribution in [3.05, 3.63) is 89.1 Å². The van der Waals surface area contributed by atoms with Gasteiger partial charge in [-0.2, -0.15) is 0 Å². The highest BCUT2D eigenvalue weighted by Crippen LogP contribution is 2.42. The number of hydrogen-bond acceptors (Lipinski definition) is 3. The van der Waals surface area contributed by atoms with Gasteiger partial charge >= 0.3 is 5.97 Å². The fraction of sp³-hybridized carbons (Fsp3) is 0.296. The zero-order valence-corrected chi connectivity index (χ0v) is 18.9. The number of hydrogen-bond donors (Lipinski definition) is 1. The van der Waals surface area contributed by atoms with Gasteiger partial charge in [-0.3, -0.25) is 4.90 Å². The van der Waals surface area contributed by atoms with Crippen LogP contribution in [-0.2, 0) is 16.0 Å². The summed E-state index contributed by atoms with van der Waals surface area (Å²) < 4.78 is 35.8. The number of carbonyl (C=O) groups is 1. The van der Waals surface area contributed by atoms with Gasteiger partial charge in [-0.1, -0.05) is 24.3 Å². The normalized spacial score (nSPS) is 18.5. The van der Waals surface area contributed by atoms with Gasteiger partial charge in [-0.25, -0.2) is 13.6 Å². The Bertz CT molecular complexity index is 1190. The molecule has 1 aromatic heterocycles. The van der Waals surface area contributed by atoms with Crippen molar-refractivity contribution in [2.75, 3.05) is 13.2 Å². The molecular formula is C27H28F2N2O2. The first kappa shape index (κ1) is 22.9. The van der Waals surface area contributed by atoms with Crippen LogP contribution in [0.2, 0.25) is 0 Å². The number of rotatable bonds is 7. The van der Waals surface area contributed by atoms with Crippen LogP contribution in [-0.4, -0.2) is 35.0 Å². The number of para-hydroxylation sites is 1. The monoisotopic (exact) mass is 450 g/mol. The number of aromatic nitrogens is 1. The molecule has 4 rings (SSSR count). The molecule has 0 aliphatic carbocycles. The van der Waals surface area contributed by atoms with Gasteiger partial charge in [0, 0.05) is 40.8 Å². The maximum Gasteiger partial charge on any atom is 0.330 e. The predicted molar refractivity (Wildman–Crippen MR) is 127 cm³/mol. The van der Waals surface area contributed by atoms with Crippen LogP contribution in [0.25, 0.3) is 17.0 Å². The highest BCUT2D eigenvalue weighted by Gasteiger charge is 2.38. The molecule has 2 unspecified atom stereocenters. The smallest absolute Gasteiger partial charge is 0.330 e. The van der Waals surface area contributed by atoms with Gasteiger partial charge in [0.25, 0.3) is 0 Å². The van der Waals surface area contributed by atoms with E-state index in [0.29, 0.717) is 13.0 Å². The molecule has 2 aromatic carbocycles. The van der Waals surface area contributed by atoms with E-state index in [1.165, 1.54) is 24.3 Å². The summed E-state index contributed by atoms with van der Waals surface area (Å²) in [6.45, 7) is 8.47. The lowest BCUT2D eigenvalue weighted by atomic mass is 9.87. The summed E-state index contributed by atoms with van der Waals surface area (Å²) in [5.41, 5.74) is 3.15. The molecule has 2 heterocycles. The van der Waals surface area contributed by atoms with Crippen molar-refractivity contribution < 1.29 is 18.3 Å². The number of nitrogens with zero attached hydrogens (tertiary/aromatic N) is 1. The summed E-state index contributed by atoms with van der Waals surface area (Å²) in [5, 5.41) is 1.09. The molecule has 2 atom stereocenters. The number of benzene rings is 2. The molecular weight excluding hydrogens is 422 g/mol. The van der Waals surface area contributed by atoms with Crippen molar-refractivity contribution in [1.82, 2.24) is 9.88 Å². The van der Waals surface area contributed by atoms with Gasteiger partial charge in [0.15, 0.2) is 0 Å². The zero-order chi connectivity index (χ0) is 23.5. The first-order valence-electron chi connectivity index (χ1n) is 11.2. The number of halogens is 2. The number of H-pyrrole nitrogens is 1. The first-order valence-corrected chi connectivity index (χ1v) is 11.2. The number of carbonyl (C=O) groups excluding carboxylic acids is 1. The van der Waals surface area contributed by atoms with E-state index in [9.17, 15) is 4.79 Å². The van der Waals surface area contributed by atoms with E-state index in [1.807, 2.05) is 30.3 Å². The minimum absolute atomic E-state index is 0.00621. The van der Waals surface area contributed by atoms with Crippen molar-refractivity contribution in [3.8, 4) is 0 Å². The third kappa shape index (κ3) is 4.48. The lowest BCUT2D eigenvalue weighted by Crippen LogP contribution is -2.43. The lowest BCUT2D eigenvalue weighted by molar-refractivity contribution is -0.137. The van der Waals surface area contributed by atoms with Crippen LogP contribution in [0.1, 0.15) is 48.7 Å². The van der Waals surface area contributed by atoms with Crippen LogP contribution in [0.3, 0.4) is 0 Å². The molecule has 0 amide bonds. The molecule has 0 radical (unpaired) electrons. The second-order valence-corrected chi connectivity index (χ2v) is 8.32. The molecule has 0 saturated carbocycles. The summed E-state index contributed by atoms with van der Waals surface area (Å²) in [5.74, 6) is -1.85. The average Bonchev–Trinajstić information content (AvgIpc) is 3.15. The highest BCUT2D eigenvalue weighted by atomic mass is 19.1. The van der Waals surface area contributed by atoms with E-state index in [4.69, 9.17) is 4.74 Å². The van der Waals surface area contributed by atoms with Crippen molar-refractivity contribution >= 4 is 22.9 Å². The SMILES string of the molecule is C=CCCN1C(C)Cc2c([nH]c3ccccc23)C1c1c(F)cc(/C=C/C(=O)OCC)cc1F. The zero-order valence-electron chi connectivity index (χ0n) is 18.9. The van der Waals surface area contributed by atoms with Crippen LogP contribution in [0.4, 0.5) is 8.78 Å². The first-order chi connectivity index (χ1) is 15.9. The highest BCUT2D eigenvalue weighted by molar-refractivity contribution is 5.87. The van der Waals surface area contributed by atoms with Gasteiger partial charge in [0.05, 0.1) is 12.6 Å². The van der Waals surface area contributed by atoms with Gasteiger partial charge in [-0.15, -0.1) is 6.58 Å². The van der Waals surface area contributed by atoms with Gasteiger partial charge in [0.2, 0.25) is 0 Å². The molecule has 1 aliphatic heterocycles. The number of nitrogens with one attached hydrogen (secondary N) is 1. The van der Waals surface area contributed by atoms with Crippen LogP contribution in [0.15, 0.2) is 55.1 Å². The fourth-order valence-corrected chi connectivity index (χ4v) is 4.72. The Morgan fingerprint density at radius 1 is 1.27 bits per heavy atom. The van der Waals surface area contributed by atoms with E-state index in [-0.39, 0.29) is 23.8 Å². The summed E-state index contributed by atoms with van der Waals surface area (Å²) in [7, 11) is 0. The molecule has 0 bridgehead atoms. The molecule has 0 spiro atoms. The quantitative estimate of drug-likeness (QED) is 0.276. The van der Waals surface area contributed by atoms with Crippen LogP contribution in [0, 0.1) is 11.6 Å². The number of fused-ring (bicyclic) bond motifs is 3. The summed E-state index contributed by atoms with van der Waals surface area (Å²) >= 11 is 0. The maximum atomic E-state index is 15.5. The van der Waals surface area contributed by atoms with E-state index in [1.54, 1.807) is 6.92 Å². The third-order valence-corrected chi connectivity index (χ3v) is 6.18. The van der Waals surface area contributed by atoms with Crippen molar-refractivity contribution in [2.45, 2.75) is 38.8 Å². The Labute approximate surface area is 192 Å². The van der Waals surface area contributed by atoms with Crippen LogP contribution >= 0.6 is 0 Å². The molecule has 3 aromatic rings. The van der Waals surface area contributed by atoms with Crippen molar-refractivity contribution in [2.24, 2.45) is 0 Å². The van der Waals surface area contributed by atoms with Crippen LogP contribution in [0.5, 0.6) is 0 Å². The average molecular weight is 451 g/mol. The molecule has 4 nitrogen and oxygen atoms in total. The van der Waals surface area contributed by atoms with Gasteiger partial charge in [0.1, 0.15) is 11.6 Å². The molecule has 0 fully saturated rings. The van der Waals surface area contributed by atoms with Gasteiger partial charge < -0.3 is 9.72 Å². The molecule has 1 N–H and O–H groups in total. The Kier molecular flexibility index (Phi) is 6.75. The van der Waals surface area contributed by atoms with Crippen LogP contribution < -0.4 is 0 Å². The maximum absolute atomic E-state index is 15.5. The number of aromatic amines is 1.